The fourth-order valence-electron chi connectivity index (χ4n) is 1.47. The van der Waals surface area contributed by atoms with Gasteiger partial charge in [0.25, 0.3) is 5.92 Å². The number of hydrogen-bond donors (Lipinski definition) is 1. The maximum atomic E-state index is 13.0. The van der Waals surface area contributed by atoms with Gasteiger partial charge in [-0.3, -0.25) is 0 Å². The zero-order chi connectivity index (χ0) is 9.47. The standard InChI is InChI=1S/C9H8F3N/c10-7-3-1-2-6-4-9(11,12)5-13-8(6)7/h1-3,13H,4-5H2. The number of fused-ring (bicyclic) bond motifs is 1. The van der Waals surface area contributed by atoms with Gasteiger partial charge in [0.2, 0.25) is 0 Å². The van der Waals surface area contributed by atoms with Gasteiger partial charge >= 0.3 is 0 Å². The summed E-state index contributed by atoms with van der Waals surface area (Å²) in [5.74, 6) is -3.23. The minimum atomic E-state index is -2.76. The van der Waals surface area contributed by atoms with E-state index in [9.17, 15) is 13.2 Å². The van der Waals surface area contributed by atoms with Crippen LogP contribution in [0.5, 0.6) is 0 Å². The normalized spacial score (nSPS) is 19.0. The third-order valence-corrected chi connectivity index (χ3v) is 2.07. The van der Waals surface area contributed by atoms with Gasteiger partial charge in [-0.25, -0.2) is 13.2 Å². The fourth-order valence-corrected chi connectivity index (χ4v) is 1.47. The van der Waals surface area contributed by atoms with E-state index in [1.54, 1.807) is 0 Å². The SMILES string of the molecule is Fc1cccc2c1NCC(F)(F)C2. The van der Waals surface area contributed by atoms with Crippen molar-refractivity contribution in [3.63, 3.8) is 0 Å². The largest absolute Gasteiger partial charge is 0.376 e. The third-order valence-electron chi connectivity index (χ3n) is 2.07. The summed E-state index contributed by atoms with van der Waals surface area (Å²) in [6.45, 7) is -0.485. The molecule has 1 N–H and O–H groups in total. The molecule has 0 atom stereocenters. The van der Waals surface area contributed by atoms with Gasteiger partial charge in [-0.05, 0) is 11.6 Å². The maximum absolute atomic E-state index is 13.0. The monoisotopic (exact) mass is 187 g/mol. The molecule has 13 heavy (non-hydrogen) atoms. The number of hydrogen-bond acceptors (Lipinski definition) is 1. The van der Waals surface area contributed by atoms with Gasteiger partial charge in [0.15, 0.2) is 0 Å². The summed E-state index contributed by atoms with van der Waals surface area (Å²) in [5.41, 5.74) is 0.560. The van der Waals surface area contributed by atoms with Crippen LogP contribution in [0.3, 0.4) is 0 Å². The minimum absolute atomic E-state index is 0.216. The van der Waals surface area contributed by atoms with Crippen molar-refractivity contribution >= 4 is 5.69 Å². The Balaban J connectivity index is 2.42. The van der Waals surface area contributed by atoms with E-state index in [-0.39, 0.29) is 12.1 Å². The Bertz CT molecular complexity index is 336. The Morgan fingerprint density at radius 3 is 2.85 bits per heavy atom. The zero-order valence-corrected chi connectivity index (χ0v) is 6.78. The molecule has 0 bridgehead atoms. The van der Waals surface area contributed by atoms with E-state index < -0.39 is 18.3 Å². The third kappa shape index (κ3) is 1.48. The average molecular weight is 187 g/mol. The first kappa shape index (κ1) is 8.41. The van der Waals surface area contributed by atoms with Gasteiger partial charge in [-0.15, -0.1) is 0 Å². The highest BCUT2D eigenvalue weighted by atomic mass is 19.3. The average Bonchev–Trinajstić information content (AvgIpc) is 2.02. The number of rotatable bonds is 0. The summed E-state index contributed by atoms with van der Waals surface area (Å²) in [4.78, 5) is 0. The van der Waals surface area contributed by atoms with Crippen LogP contribution in [0.1, 0.15) is 5.56 Å². The predicted octanol–water partition coefficient (Wildman–Crippen LogP) is 2.43. The van der Waals surface area contributed by atoms with Gasteiger partial charge < -0.3 is 5.32 Å². The molecule has 0 unspecified atom stereocenters. The molecule has 0 aromatic heterocycles. The zero-order valence-electron chi connectivity index (χ0n) is 6.78. The Hall–Kier alpha value is -1.19. The molecular weight excluding hydrogens is 179 g/mol. The molecule has 1 aliphatic rings. The number of para-hydroxylation sites is 1. The second-order valence-corrected chi connectivity index (χ2v) is 3.16. The van der Waals surface area contributed by atoms with E-state index >= 15 is 0 Å². The Morgan fingerprint density at radius 1 is 1.31 bits per heavy atom. The van der Waals surface area contributed by atoms with Gasteiger partial charge in [-0.2, -0.15) is 0 Å². The predicted molar refractivity (Wildman–Crippen MR) is 43.5 cm³/mol. The van der Waals surface area contributed by atoms with Crippen LogP contribution >= 0.6 is 0 Å². The van der Waals surface area contributed by atoms with E-state index in [0.717, 1.165) is 0 Å². The lowest BCUT2D eigenvalue weighted by atomic mass is 10.0. The number of anilines is 1. The van der Waals surface area contributed by atoms with E-state index in [0.29, 0.717) is 5.56 Å². The topological polar surface area (TPSA) is 12.0 Å². The van der Waals surface area contributed by atoms with Crippen molar-refractivity contribution in [2.24, 2.45) is 0 Å². The first-order valence-corrected chi connectivity index (χ1v) is 3.98. The lowest BCUT2D eigenvalue weighted by molar-refractivity contribution is 0.0127. The Labute approximate surface area is 73.6 Å². The first-order valence-electron chi connectivity index (χ1n) is 3.98. The number of nitrogens with one attached hydrogen (secondary N) is 1. The number of benzene rings is 1. The van der Waals surface area contributed by atoms with Crippen molar-refractivity contribution in [3.8, 4) is 0 Å². The van der Waals surface area contributed by atoms with Crippen LogP contribution < -0.4 is 5.32 Å². The van der Waals surface area contributed by atoms with Crippen LogP contribution in [0, 0.1) is 5.82 Å². The molecule has 0 aliphatic carbocycles. The molecule has 1 aromatic carbocycles. The molecule has 0 radical (unpaired) electrons. The van der Waals surface area contributed by atoms with Gasteiger partial charge in [0.1, 0.15) is 5.82 Å². The molecule has 0 spiro atoms. The molecular formula is C9H8F3N. The van der Waals surface area contributed by atoms with Crippen molar-refractivity contribution in [2.75, 3.05) is 11.9 Å². The molecule has 1 aliphatic heterocycles. The molecule has 1 aromatic rings. The molecule has 0 fully saturated rings. The summed E-state index contributed by atoms with van der Waals surface area (Å²) in [5, 5.41) is 2.40. The fraction of sp³-hybridized carbons (Fsp3) is 0.333. The van der Waals surface area contributed by atoms with Crippen LogP contribution in [-0.4, -0.2) is 12.5 Å². The van der Waals surface area contributed by atoms with Crippen molar-refractivity contribution < 1.29 is 13.2 Å². The minimum Gasteiger partial charge on any atom is -0.376 e. The quantitative estimate of drug-likeness (QED) is 0.657. The maximum Gasteiger partial charge on any atom is 0.269 e. The smallest absolute Gasteiger partial charge is 0.269 e. The highest BCUT2D eigenvalue weighted by molar-refractivity contribution is 5.55. The number of halogens is 3. The highest BCUT2D eigenvalue weighted by Crippen LogP contribution is 2.31. The van der Waals surface area contributed by atoms with Crippen molar-refractivity contribution in [2.45, 2.75) is 12.3 Å². The number of alkyl halides is 2. The van der Waals surface area contributed by atoms with Crippen LogP contribution in [-0.2, 0) is 6.42 Å². The summed E-state index contributed by atoms with van der Waals surface area (Å²) in [6, 6.07) is 4.21. The van der Waals surface area contributed by atoms with Gasteiger partial charge in [0.05, 0.1) is 12.2 Å². The van der Waals surface area contributed by atoms with Crippen molar-refractivity contribution in [1.82, 2.24) is 0 Å². The second kappa shape index (κ2) is 2.65. The molecule has 0 saturated carbocycles. The van der Waals surface area contributed by atoms with E-state index in [1.807, 2.05) is 0 Å². The molecule has 4 heteroatoms. The first-order chi connectivity index (χ1) is 6.08. The summed E-state index contributed by atoms with van der Waals surface area (Å²) < 4.78 is 38.7. The van der Waals surface area contributed by atoms with E-state index in [4.69, 9.17) is 0 Å². The summed E-state index contributed by atoms with van der Waals surface area (Å²) in [7, 11) is 0. The molecule has 0 saturated heterocycles. The van der Waals surface area contributed by atoms with Crippen molar-refractivity contribution in [1.29, 1.82) is 0 Å². The molecule has 0 amide bonds. The van der Waals surface area contributed by atoms with Crippen LogP contribution in [0.15, 0.2) is 18.2 Å². The van der Waals surface area contributed by atoms with Crippen LogP contribution in [0.4, 0.5) is 18.9 Å². The highest BCUT2D eigenvalue weighted by Gasteiger charge is 2.34. The lowest BCUT2D eigenvalue weighted by Crippen LogP contribution is -2.34. The van der Waals surface area contributed by atoms with E-state index in [1.165, 1.54) is 18.2 Å². The molecule has 2 rings (SSSR count). The Morgan fingerprint density at radius 2 is 2.08 bits per heavy atom. The Kier molecular flexibility index (Phi) is 1.71. The van der Waals surface area contributed by atoms with Crippen LogP contribution in [0.25, 0.3) is 0 Å². The van der Waals surface area contributed by atoms with Crippen molar-refractivity contribution in [3.05, 3.63) is 29.6 Å². The second-order valence-electron chi connectivity index (χ2n) is 3.16. The van der Waals surface area contributed by atoms with Gasteiger partial charge in [0, 0.05) is 6.42 Å². The van der Waals surface area contributed by atoms with Crippen LogP contribution in [0.2, 0.25) is 0 Å². The molecule has 70 valence electrons. The van der Waals surface area contributed by atoms with Gasteiger partial charge in [-0.1, -0.05) is 12.1 Å². The molecule has 1 nitrogen and oxygen atoms in total. The molecule has 1 heterocycles. The lowest BCUT2D eigenvalue weighted by Gasteiger charge is -2.25. The van der Waals surface area contributed by atoms with E-state index in [2.05, 4.69) is 5.32 Å². The summed E-state index contributed by atoms with van der Waals surface area (Å²) >= 11 is 0. The summed E-state index contributed by atoms with van der Waals surface area (Å²) in [6.07, 6.45) is -0.382.